The Hall–Kier alpha value is -2.28. The van der Waals surface area contributed by atoms with Gasteiger partial charge in [0, 0.05) is 4.88 Å². The molecule has 0 aliphatic heterocycles. The van der Waals surface area contributed by atoms with Crippen LogP contribution in [0.2, 0.25) is 0 Å². The molecule has 1 aliphatic carbocycles. The van der Waals surface area contributed by atoms with Crippen LogP contribution in [-0.4, -0.2) is 22.8 Å². The molecular formula is C20H24FN3O2S. The Balaban J connectivity index is 1.70. The molecule has 27 heavy (non-hydrogen) atoms. The number of amides is 2. The Morgan fingerprint density at radius 2 is 1.89 bits per heavy atom. The van der Waals surface area contributed by atoms with Crippen molar-refractivity contribution in [3.63, 3.8) is 0 Å². The lowest BCUT2D eigenvalue weighted by Gasteiger charge is -2.21. The van der Waals surface area contributed by atoms with Crippen LogP contribution in [0.1, 0.15) is 54.0 Å². The number of rotatable bonds is 5. The van der Waals surface area contributed by atoms with Crippen molar-refractivity contribution in [1.82, 2.24) is 10.3 Å². The third-order valence-electron chi connectivity index (χ3n) is 4.68. The van der Waals surface area contributed by atoms with Gasteiger partial charge >= 0.3 is 0 Å². The summed E-state index contributed by atoms with van der Waals surface area (Å²) >= 11 is 1.51. The fraction of sp³-hybridized carbons (Fsp3) is 0.450. The summed E-state index contributed by atoms with van der Waals surface area (Å²) in [5.74, 6) is -1.70. The van der Waals surface area contributed by atoms with E-state index in [-0.39, 0.29) is 17.4 Å². The number of halogens is 1. The number of carbonyl (C=O) groups excluding carboxylic acids is 2. The largest absolute Gasteiger partial charge is 0.340 e. The lowest BCUT2D eigenvalue weighted by atomic mass is 10.0. The third kappa shape index (κ3) is 4.71. The second kappa shape index (κ2) is 8.61. The molecule has 1 aromatic carbocycles. The van der Waals surface area contributed by atoms with E-state index in [1.165, 1.54) is 40.8 Å². The normalized spacial score (nSPS) is 15.0. The van der Waals surface area contributed by atoms with Crippen molar-refractivity contribution in [3.8, 4) is 0 Å². The first-order valence-electron chi connectivity index (χ1n) is 9.30. The minimum atomic E-state index is -0.777. The van der Waals surface area contributed by atoms with E-state index in [4.69, 9.17) is 0 Å². The smallest absolute Gasteiger partial charge is 0.254 e. The maximum atomic E-state index is 13.8. The second-order valence-corrected chi connectivity index (χ2v) is 8.20. The fourth-order valence-corrected chi connectivity index (χ4v) is 4.22. The zero-order chi connectivity index (χ0) is 19.4. The first-order chi connectivity index (χ1) is 13.0. The standard InChI is InChI=1S/C20H24FN3O2S/c1-12(2)17(23-18(25)13-8-6-7-9-14(13)21)19(26)24-20-22-15-10-4-3-5-11-16(15)27-20/h6-9,12,17H,3-5,10-11H2,1-2H3,(H,23,25)(H,22,24,26). The molecule has 0 spiro atoms. The van der Waals surface area contributed by atoms with Crippen molar-refractivity contribution in [2.75, 3.05) is 5.32 Å². The van der Waals surface area contributed by atoms with Gasteiger partial charge in [0.1, 0.15) is 11.9 Å². The molecule has 0 radical (unpaired) electrons. The Morgan fingerprint density at radius 3 is 2.63 bits per heavy atom. The topological polar surface area (TPSA) is 71.1 Å². The minimum Gasteiger partial charge on any atom is -0.340 e. The van der Waals surface area contributed by atoms with Crippen LogP contribution in [-0.2, 0) is 17.6 Å². The molecule has 0 fully saturated rings. The SMILES string of the molecule is CC(C)C(NC(=O)c1ccccc1F)C(=O)Nc1nc2c(s1)CCCCC2. The summed E-state index contributed by atoms with van der Waals surface area (Å²) < 4.78 is 13.8. The van der Waals surface area contributed by atoms with E-state index in [2.05, 4.69) is 15.6 Å². The van der Waals surface area contributed by atoms with Crippen molar-refractivity contribution in [2.24, 2.45) is 5.92 Å². The zero-order valence-electron chi connectivity index (χ0n) is 15.5. The molecule has 1 aromatic heterocycles. The average molecular weight is 389 g/mol. The predicted molar refractivity (Wildman–Crippen MR) is 104 cm³/mol. The molecule has 2 amide bonds. The monoisotopic (exact) mass is 389 g/mol. The first-order valence-corrected chi connectivity index (χ1v) is 10.1. The van der Waals surface area contributed by atoms with E-state index in [0.717, 1.165) is 31.4 Å². The van der Waals surface area contributed by atoms with Crippen LogP contribution in [0.3, 0.4) is 0 Å². The third-order valence-corrected chi connectivity index (χ3v) is 5.75. The lowest BCUT2D eigenvalue weighted by molar-refractivity contribution is -0.118. The number of hydrogen-bond acceptors (Lipinski definition) is 4. The molecule has 7 heteroatoms. The second-order valence-electron chi connectivity index (χ2n) is 7.11. The number of fused-ring (bicyclic) bond motifs is 1. The highest BCUT2D eigenvalue weighted by Crippen LogP contribution is 2.29. The Labute approximate surface area is 162 Å². The summed E-state index contributed by atoms with van der Waals surface area (Å²) in [7, 11) is 0. The van der Waals surface area contributed by atoms with Crippen LogP contribution in [0.4, 0.5) is 9.52 Å². The van der Waals surface area contributed by atoms with E-state index in [9.17, 15) is 14.0 Å². The van der Waals surface area contributed by atoms with Gasteiger partial charge in [-0.1, -0.05) is 32.4 Å². The predicted octanol–water partition coefficient (Wildman–Crippen LogP) is 3.94. The van der Waals surface area contributed by atoms with E-state index in [0.29, 0.717) is 5.13 Å². The summed E-state index contributed by atoms with van der Waals surface area (Å²) in [5.41, 5.74) is 1.00. The van der Waals surface area contributed by atoms with Crippen molar-refractivity contribution in [3.05, 3.63) is 46.2 Å². The fourth-order valence-electron chi connectivity index (χ4n) is 3.16. The summed E-state index contributed by atoms with van der Waals surface area (Å²) in [4.78, 5) is 30.9. The average Bonchev–Trinajstić information content (AvgIpc) is 2.87. The number of carbonyl (C=O) groups is 2. The summed E-state index contributed by atoms with van der Waals surface area (Å²) in [6.45, 7) is 3.67. The molecule has 1 heterocycles. The van der Waals surface area contributed by atoms with Crippen molar-refractivity contribution in [1.29, 1.82) is 0 Å². The van der Waals surface area contributed by atoms with Crippen LogP contribution < -0.4 is 10.6 Å². The number of nitrogens with zero attached hydrogens (tertiary/aromatic N) is 1. The summed E-state index contributed by atoms with van der Waals surface area (Å²) in [6, 6.07) is 4.96. The zero-order valence-corrected chi connectivity index (χ0v) is 16.4. The van der Waals surface area contributed by atoms with E-state index >= 15 is 0 Å². The van der Waals surface area contributed by atoms with Gasteiger partial charge in [-0.3, -0.25) is 9.59 Å². The molecule has 144 valence electrons. The molecule has 3 rings (SSSR count). The van der Waals surface area contributed by atoms with Gasteiger partial charge < -0.3 is 10.6 Å². The number of aromatic nitrogens is 1. The quantitative estimate of drug-likeness (QED) is 0.761. The number of benzene rings is 1. The van der Waals surface area contributed by atoms with Crippen molar-refractivity contribution >= 4 is 28.3 Å². The molecule has 1 aliphatic rings. The van der Waals surface area contributed by atoms with Crippen molar-refractivity contribution < 1.29 is 14.0 Å². The highest BCUT2D eigenvalue weighted by molar-refractivity contribution is 7.15. The molecule has 0 saturated heterocycles. The van der Waals surface area contributed by atoms with Crippen LogP contribution in [0, 0.1) is 11.7 Å². The molecule has 0 bridgehead atoms. The lowest BCUT2D eigenvalue weighted by Crippen LogP contribution is -2.47. The van der Waals surface area contributed by atoms with Crippen LogP contribution in [0.5, 0.6) is 0 Å². The van der Waals surface area contributed by atoms with E-state index in [1.54, 1.807) is 6.07 Å². The Morgan fingerprint density at radius 1 is 1.15 bits per heavy atom. The van der Waals surface area contributed by atoms with Gasteiger partial charge in [-0.2, -0.15) is 0 Å². The van der Waals surface area contributed by atoms with Gasteiger partial charge in [-0.25, -0.2) is 9.37 Å². The highest BCUT2D eigenvalue weighted by Gasteiger charge is 2.27. The molecule has 2 N–H and O–H groups in total. The number of nitrogens with one attached hydrogen (secondary N) is 2. The van der Waals surface area contributed by atoms with Crippen molar-refractivity contribution in [2.45, 2.75) is 52.0 Å². The van der Waals surface area contributed by atoms with Gasteiger partial charge in [-0.05, 0) is 43.7 Å². The van der Waals surface area contributed by atoms with Gasteiger partial charge in [0.15, 0.2) is 5.13 Å². The molecule has 0 saturated carbocycles. The number of anilines is 1. The minimum absolute atomic E-state index is 0.0723. The molecule has 1 atom stereocenters. The first kappa shape index (κ1) is 19.5. The van der Waals surface area contributed by atoms with E-state index in [1.807, 2.05) is 13.8 Å². The molecule has 5 nitrogen and oxygen atoms in total. The van der Waals surface area contributed by atoms with Crippen LogP contribution >= 0.6 is 11.3 Å². The summed E-state index contributed by atoms with van der Waals surface area (Å²) in [5, 5.41) is 6.05. The maximum Gasteiger partial charge on any atom is 0.254 e. The number of aryl methyl sites for hydroxylation is 2. The Kier molecular flexibility index (Phi) is 6.21. The maximum absolute atomic E-state index is 13.8. The molecule has 1 unspecified atom stereocenters. The van der Waals surface area contributed by atoms with E-state index < -0.39 is 17.8 Å². The van der Waals surface area contributed by atoms with Gasteiger partial charge in [0.25, 0.3) is 5.91 Å². The Bertz CT molecular complexity index is 811. The van der Waals surface area contributed by atoms with Gasteiger partial charge in [0.2, 0.25) is 5.91 Å². The molecule has 2 aromatic rings. The number of thiazole rings is 1. The summed E-state index contributed by atoms with van der Waals surface area (Å²) in [6.07, 6.45) is 5.43. The molecular weight excluding hydrogens is 365 g/mol. The van der Waals surface area contributed by atoms with Gasteiger partial charge in [-0.15, -0.1) is 11.3 Å². The van der Waals surface area contributed by atoms with Crippen LogP contribution in [0.25, 0.3) is 0 Å². The highest BCUT2D eigenvalue weighted by atomic mass is 32.1. The van der Waals surface area contributed by atoms with Gasteiger partial charge in [0.05, 0.1) is 11.3 Å². The van der Waals surface area contributed by atoms with Crippen LogP contribution in [0.15, 0.2) is 24.3 Å². The number of hydrogen-bond donors (Lipinski definition) is 2.